The summed E-state index contributed by atoms with van der Waals surface area (Å²) in [5.41, 5.74) is -0.544. The fraction of sp³-hybridized carbons (Fsp3) is 0.417. The lowest BCUT2D eigenvalue weighted by Crippen LogP contribution is -2.15. The van der Waals surface area contributed by atoms with Crippen molar-refractivity contribution in [3.8, 4) is 0 Å². The number of nitrogens with one attached hydrogen (secondary N) is 1. The molecule has 2 rings (SSSR count). The lowest BCUT2D eigenvalue weighted by molar-refractivity contribution is 0.460. The van der Waals surface area contributed by atoms with Crippen LogP contribution in [0.3, 0.4) is 0 Å². The molecule has 19 heavy (non-hydrogen) atoms. The summed E-state index contributed by atoms with van der Waals surface area (Å²) >= 11 is 1.69. The van der Waals surface area contributed by atoms with Crippen molar-refractivity contribution in [3.05, 3.63) is 38.2 Å². The summed E-state index contributed by atoms with van der Waals surface area (Å²) in [7, 11) is 0. The maximum absolute atomic E-state index is 12.5. The standard InChI is InChI=1S/C12H13FN2O3S/c1-19-4-2-3-7-5-9(16)18-12-10(7)11(17)14-8(6-13)15-12/h5H,2-4,6H2,1H3,(H,14,15,17). The molecule has 0 unspecified atom stereocenters. The summed E-state index contributed by atoms with van der Waals surface area (Å²) in [4.78, 5) is 29.5. The number of aromatic nitrogens is 2. The highest BCUT2D eigenvalue weighted by atomic mass is 32.2. The number of nitrogens with zero attached hydrogens (tertiary/aromatic N) is 1. The van der Waals surface area contributed by atoms with Gasteiger partial charge in [0.25, 0.3) is 5.56 Å². The van der Waals surface area contributed by atoms with Crippen molar-refractivity contribution in [2.24, 2.45) is 0 Å². The molecule has 0 saturated carbocycles. The average Bonchev–Trinajstić information content (AvgIpc) is 2.37. The van der Waals surface area contributed by atoms with Crippen LogP contribution in [0.4, 0.5) is 4.39 Å². The minimum absolute atomic E-state index is 0.0944. The normalized spacial score (nSPS) is 11.1. The summed E-state index contributed by atoms with van der Waals surface area (Å²) in [6.07, 6.45) is 3.41. The molecule has 0 radical (unpaired) electrons. The highest BCUT2D eigenvalue weighted by Gasteiger charge is 2.12. The Balaban J connectivity index is 2.57. The zero-order chi connectivity index (χ0) is 13.8. The van der Waals surface area contributed by atoms with E-state index in [1.165, 1.54) is 6.07 Å². The van der Waals surface area contributed by atoms with E-state index >= 15 is 0 Å². The molecule has 0 atom stereocenters. The van der Waals surface area contributed by atoms with Crippen LogP contribution in [0.5, 0.6) is 0 Å². The van der Waals surface area contributed by atoms with Gasteiger partial charge in [-0.3, -0.25) is 4.79 Å². The molecule has 2 aromatic heterocycles. The Morgan fingerprint density at radius 1 is 1.47 bits per heavy atom. The lowest BCUT2D eigenvalue weighted by atomic mass is 10.1. The van der Waals surface area contributed by atoms with Crippen molar-refractivity contribution in [2.75, 3.05) is 12.0 Å². The number of halogens is 1. The number of aryl methyl sites for hydroxylation is 1. The molecule has 0 aliphatic rings. The summed E-state index contributed by atoms with van der Waals surface area (Å²) < 4.78 is 17.4. The molecule has 0 aliphatic carbocycles. The number of H-pyrrole nitrogens is 1. The fourth-order valence-corrected chi connectivity index (χ4v) is 2.29. The van der Waals surface area contributed by atoms with Crippen LogP contribution < -0.4 is 11.2 Å². The Labute approximate surface area is 112 Å². The van der Waals surface area contributed by atoms with Crippen LogP contribution in [-0.4, -0.2) is 22.0 Å². The minimum atomic E-state index is -0.911. The Hall–Kier alpha value is -1.63. The second-order valence-corrected chi connectivity index (χ2v) is 5.00. The Kier molecular flexibility index (Phi) is 4.36. The Morgan fingerprint density at radius 2 is 2.26 bits per heavy atom. The molecule has 0 amide bonds. The third kappa shape index (κ3) is 3.04. The van der Waals surface area contributed by atoms with Crippen LogP contribution in [0.25, 0.3) is 11.1 Å². The number of alkyl halides is 1. The second-order valence-electron chi connectivity index (χ2n) is 4.01. The molecular weight excluding hydrogens is 271 g/mol. The van der Waals surface area contributed by atoms with Gasteiger partial charge in [-0.05, 0) is 30.4 Å². The van der Waals surface area contributed by atoms with E-state index in [1.54, 1.807) is 11.8 Å². The smallest absolute Gasteiger partial charge is 0.337 e. The van der Waals surface area contributed by atoms with Gasteiger partial charge in [0.15, 0.2) is 0 Å². The monoisotopic (exact) mass is 284 g/mol. The van der Waals surface area contributed by atoms with Gasteiger partial charge in [0.2, 0.25) is 5.71 Å². The molecule has 0 saturated heterocycles. The maximum Gasteiger partial charge on any atom is 0.337 e. The number of fused-ring (bicyclic) bond motifs is 1. The van der Waals surface area contributed by atoms with E-state index in [4.69, 9.17) is 4.42 Å². The molecule has 5 nitrogen and oxygen atoms in total. The van der Waals surface area contributed by atoms with Gasteiger partial charge in [0.05, 0.1) is 0 Å². The van der Waals surface area contributed by atoms with E-state index in [-0.39, 0.29) is 16.9 Å². The maximum atomic E-state index is 12.5. The van der Waals surface area contributed by atoms with Crippen molar-refractivity contribution in [1.82, 2.24) is 9.97 Å². The van der Waals surface area contributed by atoms with E-state index in [0.717, 1.165) is 12.2 Å². The number of hydrogen-bond acceptors (Lipinski definition) is 5. The number of hydrogen-bond donors (Lipinski definition) is 1. The molecule has 2 heterocycles. The van der Waals surface area contributed by atoms with Gasteiger partial charge in [-0.15, -0.1) is 0 Å². The van der Waals surface area contributed by atoms with Crippen LogP contribution in [-0.2, 0) is 13.1 Å². The summed E-state index contributed by atoms with van der Waals surface area (Å²) in [5, 5.41) is 0.234. The summed E-state index contributed by atoms with van der Waals surface area (Å²) in [6.45, 7) is -0.911. The lowest BCUT2D eigenvalue weighted by Gasteiger charge is -2.04. The Morgan fingerprint density at radius 3 is 2.95 bits per heavy atom. The molecule has 1 N–H and O–H groups in total. The molecule has 0 bridgehead atoms. The molecule has 102 valence electrons. The number of rotatable bonds is 5. The van der Waals surface area contributed by atoms with Crippen LogP contribution in [0.2, 0.25) is 0 Å². The molecular formula is C12H13FN2O3S. The van der Waals surface area contributed by atoms with Gasteiger partial charge in [-0.1, -0.05) is 0 Å². The van der Waals surface area contributed by atoms with E-state index in [0.29, 0.717) is 12.0 Å². The topological polar surface area (TPSA) is 76.0 Å². The van der Waals surface area contributed by atoms with Crippen molar-refractivity contribution in [2.45, 2.75) is 19.5 Å². The highest BCUT2D eigenvalue weighted by molar-refractivity contribution is 7.98. The Bertz CT molecular complexity index is 695. The predicted octanol–water partition coefficient (Wildman–Crippen LogP) is 1.64. The fourth-order valence-electron chi connectivity index (χ4n) is 1.86. The van der Waals surface area contributed by atoms with Crippen molar-refractivity contribution in [1.29, 1.82) is 0 Å². The van der Waals surface area contributed by atoms with Gasteiger partial charge in [-0.25, -0.2) is 9.18 Å². The first-order valence-electron chi connectivity index (χ1n) is 5.76. The molecule has 7 heteroatoms. The quantitative estimate of drug-likeness (QED) is 0.845. The number of thioether (sulfide) groups is 1. The first-order chi connectivity index (χ1) is 9.15. The SMILES string of the molecule is CSCCCc1cc(=O)oc2nc(CF)[nH]c(=O)c12. The molecule has 0 aliphatic heterocycles. The highest BCUT2D eigenvalue weighted by Crippen LogP contribution is 2.13. The van der Waals surface area contributed by atoms with Gasteiger partial charge in [0, 0.05) is 6.07 Å². The molecule has 2 aromatic rings. The van der Waals surface area contributed by atoms with E-state index in [2.05, 4.69) is 9.97 Å². The van der Waals surface area contributed by atoms with Gasteiger partial charge >= 0.3 is 5.63 Å². The van der Waals surface area contributed by atoms with Crippen LogP contribution in [0, 0.1) is 0 Å². The minimum Gasteiger partial charge on any atom is -0.403 e. The molecule has 0 spiro atoms. The first-order valence-corrected chi connectivity index (χ1v) is 7.16. The zero-order valence-electron chi connectivity index (χ0n) is 10.4. The van der Waals surface area contributed by atoms with Crippen molar-refractivity contribution >= 4 is 22.9 Å². The van der Waals surface area contributed by atoms with Crippen LogP contribution >= 0.6 is 11.8 Å². The van der Waals surface area contributed by atoms with Crippen molar-refractivity contribution < 1.29 is 8.81 Å². The predicted molar refractivity (Wildman–Crippen MR) is 72.4 cm³/mol. The van der Waals surface area contributed by atoms with Gasteiger partial charge in [0.1, 0.15) is 17.9 Å². The molecule has 0 aromatic carbocycles. The largest absolute Gasteiger partial charge is 0.403 e. The third-order valence-corrected chi connectivity index (χ3v) is 3.36. The zero-order valence-corrected chi connectivity index (χ0v) is 11.2. The van der Waals surface area contributed by atoms with Gasteiger partial charge < -0.3 is 9.40 Å². The van der Waals surface area contributed by atoms with E-state index in [1.807, 2.05) is 6.26 Å². The van der Waals surface area contributed by atoms with E-state index < -0.39 is 17.9 Å². The second kappa shape index (κ2) is 6.01. The number of aromatic amines is 1. The van der Waals surface area contributed by atoms with E-state index in [9.17, 15) is 14.0 Å². The molecule has 0 fully saturated rings. The van der Waals surface area contributed by atoms with Crippen LogP contribution in [0.15, 0.2) is 20.1 Å². The third-order valence-electron chi connectivity index (χ3n) is 2.67. The van der Waals surface area contributed by atoms with Crippen LogP contribution in [0.1, 0.15) is 17.8 Å². The van der Waals surface area contributed by atoms with Crippen molar-refractivity contribution in [3.63, 3.8) is 0 Å². The van der Waals surface area contributed by atoms with Gasteiger partial charge in [-0.2, -0.15) is 16.7 Å². The average molecular weight is 284 g/mol. The summed E-state index contributed by atoms with van der Waals surface area (Å²) in [5.74, 6) is 0.789. The first kappa shape index (κ1) is 13.8. The summed E-state index contributed by atoms with van der Waals surface area (Å²) in [6, 6.07) is 1.30.